The zero-order valence-electron chi connectivity index (χ0n) is 18.2. The Morgan fingerprint density at radius 2 is 1.82 bits per heavy atom. The molecule has 0 aromatic heterocycles. The lowest BCUT2D eigenvalue weighted by molar-refractivity contribution is 0.0696. The number of rotatable bonds is 7. The van der Waals surface area contributed by atoms with Crippen molar-refractivity contribution in [2.24, 2.45) is 0 Å². The van der Waals surface area contributed by atoms with Gasteiger partial charge in [-0.3, -0.25) is 9.52 Å². The van der Waals surface area contributed by atoms with Gasteiger partial charge in [0.05, 0.1) is 34.8 Å². The third-order valence-electron chi connectivity index (χ3n) is 5.43. The van der Waals surface area contributed by atoms with Crippen molar-refractivity contribution in [3.8, 4) is 5.75 Å². The lowest BCUT2D eigenvalue weighted by atomic mass is 10.1. The van der Waals surface area contributed by atoms with Crippen LogP contribution in [0.4, 0.5) is 5.69 Å². The van der Waals surface area contributed by atoms with Gasteiger partial charge in [0.25, 0.3) is 15.9 Å². The van der Waals surface area contributed by atoms with Crippen LogP contribution < -0.4 is 14.8 Å². The molecule has 1 aliphatic rings. The summed E-state index contributed by atoms with van der Waals surface area (Å²) in [6, 6.07) is 6.04. The van der Waals surface area contributed by atoms with E-state index in [2.05, 4.69) is 10.0 Å². The molecule has 0 bridgehead atoms. The first-order valence-electron chi connectivity index (χ1n) is 9.89. The Labute approximate surface area is 191 Å². The molecule has 3 N–H and O–H groups in total. The van der Waals surface area contributed by atoms with Crippen LogP contribution >= 0.6 is 0 Å². The fraction of sp³-hybridized carbons (Fsp3) is 0.333. The van der Waals surface area contributed by atoms with Crippen LogP contribution in [0.2, 0.25) is 0 Å². The van der Waals surface area contributed by atoms with Crippen molar-refractivity contribution in [1.82, 2.24) is 5.32 Å². The summed E-state index contributed by atoms with van der Waals surface area (Å²) in [6.07, 6.45) is 0.308. The minimum absolute atomic E-state index is 0.000215. The van der Waals surface area contributed by atoms with Gasteiger partial charge in [-0.1, -0.05) is 0 Å². The summed E-state index contributed by atoms with van der Waals surface area (Å²) in [5.74, 6) is -1.82. The molecule has 2 aromatic carbocycles. The summed E-state index contributed by atoms with van der Waals surface area (Å²) >= 11 is 0. The second kappa shape index (κ2) is 9.02. The third-order valence-corrected chi connectivity index (χ3v) is 8.69. The minimum atomic E-state index is -4.24. The maximum Gasteiger partial charge on any atom is 0.335 e. The predicted octanol–water partition coefficient (Wildman–Crippen LogP) is 1.73. The van der Waals surface area contributed by atoms with Gasteiger partial charge in [0.2, 0.25) is 0 Å². The zero-order valence-corrected chi connectivity index (χ0v) is 19.8. The van der Waals surface area contributed by atoms with E-state index in [-0.39, 0.29) is 39.0 Å². The van der Waals surface area contributed by atoms with Crippen LogP contribution in [0.15, 0.2) is 35.2 Å². The van der Waals surface area contributed by atoms with Gasteiger partial charge in [-0.05, 0) is 61.7 Å². The number of methoxy groups -OCH3 is 1. The van der Waals surface area contributed by atoms with Crippen LogP contribution in [0.5, 0.6) is 5.75 Å². The van der Waals surface area contributed by atoms with Crippen molar-refractivity contribution in [2.45, 2.75) is 31.2 Å². The van der Waals surface area contributed by atoms with E-state index in [1.54, 1.807) is 13.8 Å². The number of aromatic carboxylic acids is 1. The number of amides is 1. The van der Waals surface area contributed by atoms with E-state index in [0.717, 1.165) is 6.07 Å². The Bertz CT molecular complexity index is 1330. The highest BCUT2D eigenvalue weighted by atomic mass is 32.2. The van der Waals surface area contributed by atoms with E-state index < -0.39 is 37.8 Å². The van der Waals surface area contributed by atoms with Crippen molar-refractivity contribution in [2.75, 3.05) is 23.3 Å². The van der Waals surface area contributed by atoms with Crippen LogP contribution in [0, 0.1) is 13.8 Å². The highest BCUT2D eigenvalue weighted by Gasteiger charge is 2.29. The van der Waals surface area contributed by atoms with Gasteiger partial charge in [0, 0.05) is 11.6 Å². The number of nitrogens with one attached hydrogen (secondary N) is 2. The summed E-state index contributed by atoms with van der Waals surface area (Å²) in [7, 11) is -6.09. The maximum absolute atomic E-state index is 13.1. The van der Waals surface area contributed by atoms with Gasteiger partial charge < -0.3 is 15.2 Å². The van der Waals surface area contributed by atoms with Crippen LogP contribution in [-0.2, 0) is 19.9 Å². The number of carboxylic acid groups (broad SMARTS) is 1. The normalized spacial score (nSPS) is 17.4. The summed E-state index contributed by atoms with van der Waals surface area (Å²) < 4.78 is 57.1. The molecule has 33 heavy (non-hydrogen) atoms. The van der Waals surface area contributed by atoms with E-state index >= 15 is 0 Å². The van der Waals surface area contributed by atoms with Gasteiger partial charge in [-0.25, -0.2) is 21.6 Å². The molecule has 1 heterocycles. The molecule has 10 nitrogen and oxygen atoms in total. The molecule has 1 amide bonds. The summed E-state index contributed by atoms with van der Waals surface area (Å²) in [4.78, 5) is 23.8. The molecule has 12 heteroatoms. The van der Waals surface area contributed by atoms with E-state index in [1.807, 2.05) is 0 Å². The Kier molecular flexibility index (Phi) is 6.70. The molecule has 178 valence electrons. The van der Waals surface area contributed by atoms with Crippen molar-refractivity contribution >= 4 is 37.4 Å². The van der Waals surface area contributed by atoms with Gasteiger partial charge in [-0.15, -0.1) is 0 Å². The molecular weight excluding hydrogens is 472 g/mol. The number of carbonyl (C=O) groups is 2. The molecule has 2 aromatic rings. The number of hydrogen-bond donors (Lipinski definition) is 3. The summed E-state index contributed by atoms with van der Waals surface area (Å²) in [5, 5.41) is 11.9. The number of sulfone groups is 1. The topological polar surface area (TPSA) is 156 Å². The Hall–Kier alpha value is -3.12. The SMILES string of the molecule is COc1ccc(C(=O)N[C@H]2CCS(=O)(=O)C2)cc1NS(=O)(=O)c1cc(C(=O)O)cc(C)c1C. The number of carboxylic acids is 1. The third kappa shape index (κ3) is 5.45. The first-order valence-corrected chi connectivity index (χ1v) is 13.2. The Morgan fingerprint density at radius 1 is 1.12 bits per heavy atom. The highest BCUT2D eigenvalue weighted by molar-refractivity contribution is 7.92. The molecule has 1 fully saturated rings. The number of anilines is 1. The molecule has 1 saturated heterocycles. The number of sulfonamides is 1. The van der Waals surface area contributed by atoms with Crippen LogP contribution in [0.25, 0.3) is 0 Å². The summed E-state index contributed by atoms with van der Waals surface area (Å²) in [6.45, 7) is 3.17. The van der Waals surface area contributed by atoms with Gasteiger partial charge in [0.15, 0.2) is 9.84 Å². The minimum Gasteiger partial charge on any atom is -0.495 e. The number of benzene rings is 2. The Morgan fingerprint density at radius 3 is 2.39 bits per heavy atom. The molecule has 3 rings (SSSR count). The largest absolute Gasteiger partial charge is 0.495 e. The fourth-order valence-corrected chi connectivity index (χ4v) is 6.61. The van der Waals surface area contributed by atoms with Crippen molar-refractivity contribution < 1.29 is 36.3 Å². The van der Waals surface area contributed by atoms with E-state index in [9.17, 15) is 31.5 Å². The predicted molar refractivity (Wildman–Crippen MR) is 121 cm³/mol. The summed E-state index contributed by atoms with van der Waals surface area (Å²) in [5.41, 5.74) is 0.765. The van der Waals surface area contributed by atoms with Crippen molar-refractivity contribution in [3.05, 3.63) is 52.6 Å². The first-order chi connectivity index (χ1) is 15.3. The standard InChI is InChI=1S/C21H24N2O8S2/c1-12-8-15(21(25)26)10-19(13(12)2)33(29,30)23-17-9-14(4-5-18(17)31-3)20(24)22-16-6-7-32(27,28)11-16/h4-5,8-10,16,23H,6-7,11H2,1-3H3,(H,22,24)(H,25,26)/t16-/m0/s1. The second-order valence-corrected chi connectivity index (χ2v) is 11.7. The maximum atomic E-state index is 13.1. The molecule has 0 unspecified atom stereocenters. The average molecular weight is 497 g/mol. The quantitative estimate of drug-likeness (QED) is 0.523. The number of aryl methyl sites for hydroxylation is 1. The van der Waals surface area contributed by atoms with Crippen LogP contribution in [0.3, 0.4) is 0 Å². The smallest absolute Gasteiger partial charge is 0.335 e. The molecule has 1 atom stereocenters. The molecule has 0 spiro atoms. The number of hydrogen-bond acceptors (Lipinski definition) is 7. The van der Waals surface area contributed by atoms with Crippen LogP contribution in [-0.4, -0.2) is 58.5 Å². The number of ether oxygens (including phenoxy) is 1. The molecular formula is C21H24N2O8S2. The van der Waals surface area contributed by atoms with E-state index in [0.29, 0.717) is 17.5 Å². The lowest BCUT2D eigenvalue weighted by Crippen LogP contribution is -2.35. The Balaban J connectivity index is 1.93. The van der Waals surface area contributed by atoms with Gasteiger partial charge in [0.1, 0.15) is 5.75 Å². The van der Waals surface area contributed by atoms with Crippen LogP contribution in [0.1, 0.15) is 38.3 Å². The van der Waals surface area contributed by atoms with E-state index in [1.165, 1.54) is 31.4 Å². The number of carbonyl (C=O) groups excluding carboxylic acids is 1. The average Bonchev–Trinajstić information content (AvgIpc) is 3.07. The molecule has 0 saturated carbocycles. The second-order valence-electron chi connectivity index (χ2n) is 7.82. The van der Waals surface area contributed by atoms with E-state index in [4.69, 9.17) is 4.74 Å². The molecule has 0 radical (unpaired) electrons. The van der Waals surface area contributed by atoms with Crippen molar-refractivity contribution in [1.29, 1.82) is 0 Å². The fourth-order valence-electron chi connectivity index (χ4n) is 3.54. The first kappa shape index (κ1) is 24.5. The monoisotopic (exact) mass is 496 g/mol. The molecule has 0 aliphatic carbocycles. The van der Waals surface area contributed by atoms with Gasteiger partial charge in [-0.2, -0.15) is 0 Å². The zero-order chi connectivity index (χ0) is 24.6. The molecule has 1 aliphatic heterocycles. The van der Waals surface area contributed by atoms with Gasteiger partial charge >= 0.3 is 5.97 Å². The van der Waals surface area contributed by atoms with Crippen molar-refractivity contribution in [3.63, 3.8) is 0 Å². The lowest BCUT2D eigenvalue weighted by Gasteiger charge is -2.16. The highest BCUT2D eigenvalue weighted by Crippen LogP contribution is 2.30.